The first kappa shape index (κ1) is 31.0. The van der Waals surface area contributed by atoms with Crippen molar-refractivity contribution in [3.63, 3.8) is 0 Å². The molecule has 1 saturated heterocycles. The summed E-state index contributed by atoms with van der Waals surface area (Å²) in [6, 6.07) is 26.0. The van der Waals surface area contributed by atoms with E-state index in [1.54, 1.807) is 30.3 Å². The van der Waals surface area contributed by atoms with Crippen molar-refractivity contribution >= 4 is 63.9 Å². The van der Waals surface area contributed by atoms with Crippen LogP contribution in [0.4, 0.5) is 5.82 Å². The lowest BCUT2D eigenvalue weighted by Crippen LogP contribution is -2.71. The van der Waals surface area contributed by atoms with Crippen LogP contribution in [0.3, 0.4) is 0 Å². The van der Waals surface area contributed by atoms with Gasteiger partial charge in [-0.15, -0.1) is 11.8 Å². The normalized spacial score (nSPS) is 17.6. The van der Waals surface area contributed by atoms with Gasteiger partial charge in [-0.25, -0.2) is 14.8 Å². The van der Waals surface area contributed by atoms with Crippen LogP contribution in [0, 0.1) is 0 Å². The summed E-state index contributed by atoms with van der Waals surface area (Å²) in [4.78, 5) is 51.9. The van der Waals surface area contributed by atoms with Crippen LogP contribution in [-0.2, 0) is 19.1 Å². The molecule has 1 unspecified atom stereocenters. The van der Waals surface area contributed by atoms with E-state index in [0.29, 0.717) is 21.5 Å². The number of nitrogens with two attached hydrogens (primary N) is 1. The Balaban J connectivity index is 1.22. The molecule has 1 fully saturated rings. The summed E-state index contributed by atoms with van der Waals surface area (Å²) >= 11 is 2.44. The van der Waals surface area contributed by atoms with Gasteiger partial charge in [0.15, 0.2) is 22.6 Å². The molecule has 2 aliphatic rings. The minimum absolute atomic E-state index is 0.0158. The number of nitrogens with zero attached hydrogens (tertiary/aromatic N) is 5. The van der Waals surface area contributed by atoms with Gasteiger partial charge < -0.3 is 21.0 Å². The third-order valence-corrected chi connectivity index (χ3v) is 10.2. The standard InChI is InChI=1S/C33H26N8O5S2/c34-27-21-16-35-39-28(21)38-33(37-27)48-22-17-47-31-24(36-29(42)23(40-45)18-10-4-1-5-11-18)30(43)41(31)25(22)32(44)46-26(19-12-6-2-7-13-19)20-14-8-3-9-15-20/h1-16,24,26,31,45H,17H2,(H,36,42)(H3,34,35,37,38,39)/b40-23-/t24?,31-/m1/s1. The maximum atomic E-state index is 14.3. The maximum absolute atomic E-state index is 14.3. The van der Waals surface area contributed by atoms with Crippen molar-refractivity contribution < 1.29 is 24.3 Å². The number of oxime groups is 1. The number of thioether (sulfide) groups is 2. The second kappa shape index (κ2) is 13.2. The van der Waals surface area contributed by atoms with E-state index in [2.05, 4.69) is 30.6 Å². The van der Waals surface area contributed by atoms with Gasteiger partial charge in [0.2, 0.25) is 0 Å². The van der Waals surface area contributed by atoms with Crippen molar-refractivity contribution in [2.75, 3.05) is 11.5 Å². The topological polar surface area (TPSA) is 189 Å². The lowest BCUT2D eigenvalue weighted by Gasteiger charge is -2.49. The summed E-state index contributed by atoms with van der Waals surface area (Å²) in [5, 5.41) is 22.4. The molecule has 2 aliphatic heterocycles. The zero-order valence-electron chi connectivity index (χ0n) is 24.9. The summed E-state index contributed by atoms with van der Waals surface area (Å²) in [7, 11) is 0. The Labute approximate surface area is 281 Å². The SMILES string of the molecule is Nc1nc(SC2=C(C(=O)OC(c3ccccc3)c3ccccc3)N3C(=O)C(NC(=O)/C(=N\O)c4ccccc4)[C@H]3SC2)nc2[nH]ncc12. The average molecular weight is 679 g/mol. The van der Waals surface area contributed by atoms with Crippen molar-refractivity contribution in [3.8, 4) is 0 Å². The number of ether oxygens (including phenoxy) is 1. The zero-order valence-corrected chi connectivity index (χ0v) is 26.5. The van der Waals surface area contributed by atoms with E-state index in [0.717, 1.165) is 22.9 Å². The average Bonchev–Trinajstić information content (AvgIpc) is 3.60. The van der Waals surface area contributed by atoms with Crippen LogP contribution in [0.15, 0.2) is 118 Å². The molecule has 0 radical (unpaired) electrons. The van der Waals surface area contributed by atoms with Crippen molar-refractivity contribution in [1.29, 1.82) is 0 Å². The smallest absolute Gasteiger partial charge is 0.356 e. The molecule has 0 aliphatic carbocycles. The van der Waals surface area contributed by atoms with Crippen molar-refractivity contribution in [2.45, 2.75) is 22.7 Å². The Morgan fingerprint density at radius 1 is 1.02 bits per heavy atom. The van der Waals surface area contributed by atoms with Crippen LogP contribution >= 0.6 is 23.5 Å². The molecule has 3 aromatic carbocycles. The highest BCUT2D eigenvalue weighted by Gasteiger charge is 2.55. The zero-order chi connectivity index (χ0) is 33.2. The van der Waals surface area contributed by atoms with Crippen LogP contribution in [0.1, 0.15) is 22.8 Å². The number of H-pyrrole nitrogens is 1. The van der Waals surface area contributed by atoms with Gasteiger partial charge >= 0.3 is 5.97 Å². The molecular weight excluding hydrogens is 653 g/mol. The van der Waals surface area contributed by atoms with Crippen molar-refractivity contribution in [3.05, 3.63) is 124 Å². The third-order valence-electron chi connectivity index (χ3n) is 7.74. The maximum Gasteiger partial charge on any atom is 0.356 e. The number of nitrogen functional groups attached to an aromatic ring is 1. The number of hydrogen-bond acceptors (Lipinski definition) is 12. The summed E-state index contributed by atoms with van der Waals surface area (Å²) in [5.74, 6) is -1.53. The highest BCUT2D eigenvalue weighted by atomic mass is 32.2. The third kappa shape index (κ3) is 5.84. The van der Waals surface area contributed by atoms with Crippen LogP contribution in [-0.4, -0.2) is 70.9 Å². The fourth-order valence-electron chi connectivity index (χ4n) is 5.44. The number of esters is 1. The van der Waals surface area contributed by atoms with Gasteiger partial charge in [0.25, 0.3) is 11.8 Å². The molecule has 5 N–H and O–H groups in total. The molecule has 2 amide bonds. The highest BCUT2D eigenvalue weighted by Crippen LogP contribution is 2.46. The first-order chi connectivity index (χ1) is 23.4. The number of hydrogen-bond donors (Lipinski definition) is 4. The van der Waals surface area contributed by atoms with Gasteiger partial charge in [-0.1, -0.05) is 108 Å². The summed E-state index contributed by atoms with van der Waals surface area (Å²) in [6.07, 6.45) is 0.744. The second-order valence-corrected chi connectivity index (χ2v) is 12.8. The van der Waals surface area contributed by atoms with Gasteiger partial charge in [0, 0.05) is 16.2 Å². The Bertz CT molecular complexity index is 2040. The largest absolute Gasteiger partial charge is 0.448 e. The molecule has 0 spiro atoms. The van der Waals surface area contributed by atoms with Crippen LogP contribution < -0.4 is 11.1 Å². The van der Waals surface area contributed by atoms with E-state index in [1.165, 1.54) is 22.9 Å². The lowest BCUT2D eigenvalue weighted by molar-refractivity contribution is -0.154. The summed E-state index contributed by atoms with van der Waals surface area (Å²) in [5.41, 5.74) is 8.21. The molecule has 0 bridgehead atoms. The number of amides is 2. The van der Waals surface area contributed by atoms with E-state index >= 15 is 0 Å². The van der Waals surface area contributed by atoms with Gasteiger partial charge in [-0.2, -0.15) is 5.10 Å². The number of aromatic amines is 1. The van der Waals surface area contributed by atoms with Gasteiger partial charge in [0.1, 0.15) is 22.9 Å². The van der Waals surface area contributed by atoms with Crippen LogP contribution in [0.25, 0.3) is 11.0 Å². The molecule has 2 atom stereocenters. The van der Waals surface area contributed by atoms with Gasteiger partial charge in [-0.05, 0) is 11.1 Å². The molecule has 13 nitrogen and oxygen atoms in total. The van der Waals surface area contributed by atoms with Gasteiger partial charge in [-0.3, -0.25) is 19.6 Å². The Morgan fingerprint density at radius 3 is 2.31 bits per heavy atom. The van der Waals surface area contributed by atoms with Crippen molar-refractivity contribution in [1.82, 2.24) is 30.4 Å². The minimum atomic E-state index is -0.996. The Hall–Kier alpha value is -5.67. The van der Waals surface area contributed by atoms with Crippen LogP contribution in [0.2, 0.25) is 0 Å². The molecule has 15 heteroatoms. The monoisotopic (exact) mass is 678 g/mol. The predicted octanol–water partition coefficient (Wildman–Crippen LogP) is 3.85. The molecular formula is C33H26N8O5S2. The summed E-state index contributed by atoms with van der Waals surface area (Å²) in [6.45, 7) is 0. The van der Waals surface area contributed by atoms with Gasteiger partial charge in [0.05, 0.1) is 11.6 Å². The number of carbonyl (C=O) groups is 3. The molecule has 240 valence electrons. The number of benzene rings is 3. The molecule has 7 rings (SSSR count). The molecule has 48 heavy (non-hydrogen) atoms. The summed E-state index contributed by atoms with van der Waals surface area (Å²) < 4.78 is 6.21. The van der Waals surface area contributed by atoms with E-state index in [1.807, 2.05) is 60.7 Å². The lowest BCUT2D eigenvalue weighted by atomic mass is 10.0. The molecule has 4 heterocycles. The van der Waals surface area contributed by atoms with E-state index in [9.17, 15) is 19.6 Å². The first-order valence-electron chi connectivity index (χ1n) is 14.6. The number of rotatable bonds is 9. The second-order valence-electron chi connectivity index (χ2n) is 10.7. The van der Waals surface area contributed by atoms with E-state index in [-0.39, 0.29) is 28.1 Å². The fraction of sp³-hybridized carbons (Fsp3) is 0.121. The predicted molar refractivity (Wildman–Crippen MR) is 180 cm³/mol. The fourth-order valence-corrected chi connectivity index (χ4v) is 7.85. The number of nitrogens with one attached hydrogen (secondary N) is 2. The highest BCUT2D eigenvalue weighted by molar-refractivity contribution is 8.06. The van der Waals surface area contributed by atoms with Crippen LogP contribution in [0.5, 0.6) is 0 Å². The molecule has 2 aromatic heterocycles. The molecule has 0 saturated carbocycles. The quantitative estimate of drug-likeness (QED) is 0.0443. The number of aromatic nitrogens is 4. The Morgan fingerprint density at radius 2 is 1.67 bits per heavy atom. The number of anilines is 1. The van der Waals surface area contributed by atoms with Crippen molar-refractivity contribution in [2.24, 2.45) is 5.16 Å². The minimum Gasteiger partial charge on any atom is -0.448 e. The molecule has 5 aromatic rings. The Kier molecular flexibility index (Phi) is 8.52. The van der Waals surface area contributed by atoms with E-state index < -0.39 is 35.3 Å². The van der Waals surface area contributed by atoms with E-state index in [4.69, 9.17) is 10.5 Å². The first-order valence-corrected chi connectivity index (χ1v) is 16.5. The number of carbonyl (C=O) groups excluding carboxylic acids is 3. The number of fused-ring (bicyclic) bond motifs is 2. The number of β-lactam (4-membered cyclic amide) rings is 1.